The molecule has 1 atom stereocenters. The van der Waals surface area contributed by atoms with Gasteiger partial charge in [-0.1, -0.05) is 79.9 Å². The number of carbonyl (C=O) groups excluding carboxylic acids is 2. The number of aryl methyl sites for hydroxylation is 1. The predicted molar refractivity (Wildman–Crippen MR) is 156 cm³/mol. The summed E-state index contributed by atoms with van der Waals surface area (Å²) in [5.74, 6) is -0.730. The van der Waals surface area contributed by atoms with Crippen LogP contribution in [-0.4, -0.2) is 44.3 Å². The van der Waals surface area contributed by atoms with Gasteiger partial charge in [0, 0.05) is 18.1 Å². The summed E-state index contributed by atoms with van der Waals surface area (Å²) < 4.78 is 28.7. The summed E-state index contributed by atoms with van der Waals surface area (Å²) in [7, 11) is -4.13. The molecule has 0 heterocycles. The number of benzene rings is 3. The fourth-order valence-corrected chi connectivity index (χ4v) is 5.72. The van der Waals surface area contributed by atoms with Gasteiger partial charge in [-0.15, -0.1) is 0 Å². The van der Waals surface area contributed by atoms with Crippen LogP contribution in [0.5, 0.6) is 0 Å². The number of amides is 2. The van der Waals surface area contributed by atoms with Gasteiger partial charge in [0.15, 0.2) is 0 Å². The molecule has 0 bridgehead atoms. The number of hydrogen-bond acceptors (Lipinski definition) is 4. The minimum absolute atomic E-state index is 0.0132. The van der Waals surface area contributed by atoms with Crippen LogP contribution in [0.2, 0.25) is 5.02 Å². The van der Waals surface area contributed by atoms with E-state index >= 15 is 0 Å². The topological polar surface area (TPSA) is 86.8 Å². The van der Waals surface area contributed by atoms with E-state index in [9.17, 15) is 18.0 Å². The smallest absolute Gasteiger partial charge is 0.264 e. The lowest BCUT2D eigenvalue weighted by Crippen LogP contribution is -2.52. The van der Waals surface area contributed by atoms with Crippen LogP contribution in [0.1, 0.15) is 44.2 Å². The van der Waals surface area contributed by atoms with Crippen LogP contribution in [0.4, 0.5) is 5.69 Å². The maximum Gasteiger partial charge on any atom is 0.264 e. The predicted octanol–water partition coefficient (Wildman–Crippen LogP) is 5.57. The number of rotatable bonds is 13. The highest BCUT2D eigenvalue weighted by atomic mass is 35.5. The third-order valence-electron chi connectivity index (χ3n) is 6.41. The van der Waals surface area contributed by atoms with Crippen molar-refractivity contribution in [2.75, 3.05) is 17.4 Å². The zero-order valence-corrected chi connectivity index (χ0v) is 24.2. The summed E-state index contributed by atoms with van der Waals surface area (Å²) in [6.07, 6.45) is 2.14. The van der Waals surface area contributed by atoms with E-state index in [1.807, 2.05) is 51.1 Å². The Morgan fingerprint density at radius 2 is 1.56 bits per heavy atom. The van der Waals surface area contributed by atoms with Crippen LogP contribution in [0.25, 0.3) is 0 Å². The summed E-state index contributed by atoms with van der Waals surface area (Å²) in [6.45, 7) is 5.99. The van der Waals surface area contributed by atoms with Crippen molar-refractivity contribution in [1.82, 2.24) is 10.2 Å². The number of carbonyl (C=O) groups is 2. The molecule has 0 aliphatic heterocycles. The molecule has 0 fully saturated rings. The first-order valence-corrected chi connectivity index (χ1v) is 14.9. The minimum Gasteiger partial charge on any atom is -0.354 e. The van der Waals surface area contributed by atoms with Crippen molar-refractivity contribution in [2.24, 2.45) is 0 Å². The summed E-state index contributed by atoms with van der Waals surface area (Å²) in [4.78, 5) is 28.7. The second-order valence-corrected chi connectivity index (χ2v) is 11.7. The van der Waals surface area contributed by atoms with Gasteiger partial charge in [0.2, 0.25) is 11.8 Å². The number of nitrogens with zero attached hydrogens (tertiary/aromatic N) is 2. The van der Waals surface area contributed by atoms with E-state index in [4.69, 9.17) is 11.6 Å². The van der Waals surface area contributed by atoms with Gasteiger partial charge in [0.25, 0.3) is 10.0 Å². The molecule has 208 valence electrons. The maximum absolute atomic E-state index is 14.0. The van der Waals surface area contributed by atoms with Gasteiger partial charge in [-0.3, -0.25) is 13.9 Å². The second-order valence-electron chi connectivity index (χ2n) is 9.38. The zero-order valence-electron chi connectivity index (χ0n) is 22.6. The van der Waals surface area contributed by atoms with E-state index in [1.165, 1.54) is 29.2 Å². The fourth-order valence-electron chi connectivity index (χ4n) is 4.18. The lowest BCUT2D eigenvalue weighted by Gasteiger charge is -2.33. The largest absolute Gasteiger partial charge is 0.354 e. The summed E-state index contributed by atoms with van der Waals surface area (Å²) in [6, 6.07) is 21.4. The van der Waals surface area contributed by atoms with Crippen molar-refractivity contribution >= 4 is 39.1 Å². The molecular formula is C30H36ClN3O4S. The Labute approximate surface area is 236 Å². The van der Waals surface area contributed by atoms with Crippen LogP contribution >= 0.6 is 11.6 Å². The third-order valence-corrected chi connectivity index (χ3v) is 8.45. The van der Waals surface area contributed by atoms with Crippen molar-refractivity contribution in [3.05, 3.63) is 95.0 Å². The molecule has 0 aliphatic carbocycles. The quantitative estimate of drug-likeness (QED) is 0.273. The molecule has 7 nitrogen and oxygen atoms in total. The third kappa shape index (κ3) is 8.07. The van der Waals surface area contributed by atoms with Crippen molar-refractivity contribution in [1.29, 1.82) is 0 Å². The van der Waals surface area contributed by atoms with Crippen LogP contribution in [-0.2, 0) is 26.2 Å². The molecule has 0 spiro atoms. The van der Waals surface area contributed by atoms with E-state index in [2.05, 4.69) is 5.32 Å². The lowest BCUT2D eigenvalue weighted by atomic mass is 10.1. The number of nitrogens with one attached hydrogen (secondary N) is 1. The average molecular weight is 570 g/mol. The number of hydrogen-bond donors (Lipinski definition) is 1. The van der Waals surface area contributed by atoms with Crippen LogP contribution in [0.15, 0.2) is 83.8 Å². The Bertz CT molecular complexity index is 1330. The van der Waals surface area contributed by atoms with E-state index in [-0.39, 0.29) is 17.3 Å². The van der Waals surface area contributed by atoms with E-state index in [0.29, 0.717) is 23.7 Å². The molecule has 2 amide bonds. The first kappa shape index (κ1) is 30.2. The highest BCUT2D eigenvalue weighted by Gasteiger charge is 2.33. The van der Waals surface area contributed by atoms with Gasteiger partial charge >= 0.3 is 0 Å². The number of unbranched alkanes of at least 4 members (excludes halogenated alkanes) is 1. The molecule has 0 aliphatic rings. The van der Waals surface area contributed by atoms with Crippen molar-refractivity contribution < 1.29 is 18.0 Å². The molecule has 9 heteroatoms. The van der Waals surface area contributed by atoms with Crippen LogP contribution in [0.3, 0.4) is 0 Å². The Kier molecular flexibility index (Phi) is 10.9. The van der Waals surface area contributed by atoms with Gasteiger partial charge in [-0.2, -0.15) is 0 Å². The zero-order chi connectivity index (χ0) is 28.4. The van der Waals surface area contributed by atoms with E-state index in [1.54, 1.807) is 24.3 Å². The number of sulfonamides is 1. The molecule has 3 rings (SSSR count). The Balaban J connectivity index is 2.01. The summed E-state index contributed by atoms with van der Waals surface area (Å²) >= 11 is 6.00. The van der Waals surface area contributed by atoms with Gasteiger partial charge in [-0.05, 0) is 61.7 Å². The average Bonchev–Trinajstić information content (AvgIpc) is 2.93. The Morgan fingerprint density at radius 1 is 0.923 bits per heavy atom. The molecule has 0 aromatic heterocycles. The molecule has 0 unspecified atom stereocenters. The molecule has 3 aromatic carbocycles. The Hall–Kier alpha value is -3.36. The van der Waals surface area contributed by atoms with Crippen LogP contribution in [0, 0.1) is 6.92 Å². The fraction of sp³-hybridized carbons (Fsp3) is 0.333. The standard InChI is InChI=1S/C30H36ClN3O4S/c1-4-6-20-32-30(36)28(5-2)33(21-24-10-8-7-9-11-24)29(35)22-34(26-16-12-23(3)13-17-26)39(37,38)27-18-14-25(31)15-19-27/h7-19,28H,4-6,20-22H2,1-3H3,(H,32,36)/t28-/m1/s1. The maximum atomic E-state index is 14.0. The molecule has 0 saturated heterocycles. The van der Waals surface area contributed by atoms with Crippen molar-refractivity contribution in [3.8, 4) is 0 Å². The van der Waals surface area contributed by atoms with Gasteiger partial charge < -0.3 is 10.2 Å². The van der Waals surface area contributed by atoms with E-state index in [0.717, 1.165) is 28.3 Å². The minimum atomic E-state index is -4.13. The molecule has 1 N–H and O–H groups in total. The molecule has 0 saturated carbocycles. The lowest BCUT2D eigenvalue weighted by molar-refractivity contribution is -0.140. The normalized spacial score (nSPS) is 12.0. The van der Waals surface area contributed by atoms with Gasteiger partial charge in [0.1, 0.15) is 12.6 Å². The van der Waals surface area contributed by atoms with E-state index < -0.39 is 28.5 Å². The van der Waals surface area contributed by atoms with Crippen molar-refractivity contribution in [2.45, 2.75) is 57.5 Å². The number of anilines is 1. The summed E-state index contributed by atoms with van der Waals surface area (Å²) in [5.41, 5.74) is 2.14. The molecule has 39 heavy (non-hydrogen) atoms. The first-order chi connectivity index (χ1) is 18.7. The van der Waals surface area contributed by atoms with Crippen molar-refractivity contribution in [3.63, 3.8) is 0 Å². The van der Waals surface area contributed by atoms with Gasteiger partial charge in [0.05, 0.1) is 10.6 Å². The number of halogens is 1. The monoisotopic (exact) mass is 569 g/mol. The highest BCUT2D eigenvalue weighted by molar-refractivity contribution is 7.92. The molecule has 0 radical (unpaired) electrons. The van der Waals surface area contributed by atoms with Crippen LogP contribution < -0.4 is 9.62 Å². The second kappa shape index (κ2) is 14.1. The molecule has 3 aromatic rings. The molecular weight excluding hydrogens is 534 g/mol. The Morgan fingerprint density at radius 3 is 2.15 bits per heavy atom. The SMILES string of the molecule is CCCCNC(=O)[C@@H](CC)N(Cc1ccccc1)C(=O)CN(c1ccc(C)cc1)S(=O)(=O)c1ccc(Cl)cc1. The summed E-state index contributed by atoms with van der Waals surface area (Å²) in [5, 5.41) is 3.33. The highest BCUT2D eigenvalue weighted by Crippen LogP contribution is 2.26. The first-order valence-electron chi connectivity index (χ1n) is 13.1. The van der Waals surface area contributed by atoms with Gasteiger partial charge in [-0.25, -0.2) is 8.42 Å².